The van der Waals surface area contributed by atoms with Crippen molar-refractivity contribution in [3.8, 4) is 5.75 Å². The average molecular weight is 521 g/mol. The molecular formula is C23H23F4N7O3. The molecule has 3 aromatic rings. The van der Waals surface area contributed by atoms with Crippen molar-refractivity contribution in [1.29, 1.82) is 0 Å². The molecule has 0 aliphatic heterocycles. The lowest BCUT2D eigenvalue weighted by Crippen LogP contribution is -2.24. The molecular weight excluding hydrogens is 498 g/mol. The van der Waals surface area contributed by atoms with Crippen LogP contribution in [0.3, 0.4) is 0 Å². The zero-order valence-electron chi connectivity index (χ0n) is 19.5. The zero-order valence-corrected chi connectivity index (χ0v) is 19.5. The Morgan fingerprint density at radius 3 is 2.59 bits per heavy atom. The Bertz CT molecular complexity index is 1240. The fraction of sp³-hybridized carbons (Fsp3) is 0.391. The van der Waals surface area contributed by atoms with Crippen LogP contribution in [0, 0.1) is 11.7 Å². The number of anilines is 1. The van der Waals surface area contributed by atoms with Crippen LogP contribution in [0.25, 0.3) is 0 Å². The van der Waals surface area contributed by atoms with E-state index in [0.717, 1.165) is 43.2 Å². The highest BCUT2D eigenvalue weighted by Crippen LogP contribution is 2.29. The maximum atomic E-state index is 13.9. The van der Waals surface area contributed by atoms with E-state index in [-0.39, 0.29) is 29.6 Å². The van der Waals surface area contributed by atoms with E-state index in [0.29, 0.717) is 25.2 Å². The molecule has 1 aliphatic carbocycles. The van der Waals surface area contributed by atoms with Gasteiger partial charge in [0.05, 0.1) is 11.9 Å². The zero-order chi connectivity index (χ0) is 26.4. The summed E-state index contributed by atoms with van der Waals surface area (Å²) < 4.78 is 56.3. The van der Waals surface area contributed by atoms with Crippen molar-refractivity contribution in [3.63, 3.8) is 0 Å². The number of nitrogens with zero attached hydrogens (tertiary/aromatic N) is 5. The number of rotatable bonds is 11. The summed E-state index contributed by atoms with van der Waals surface area (Å²) in [5.41, 5.74) is 0.585. The summed E-state index contributed by atoms with van der Waals surface area (Å²) in [4.78, 5) is 24.1. The molecule has 0 saturated heterocycles. The lowest BCUT2D eigenvalue weighted by molar-refractivity contribution is -0.274. The van der Waals surface area contributed by atoms with Crippen molar-refractivity contribution in [2.45, 2.75) is 51.6 Å². The van der Waals surface area contributed by atoms with Gasteiger partial charge in [0.2, 0.25) is 5.91 Å². The molecule has 37 heavy (non-hydrogen) atoms. The number of aromatic nitrogens is 5. The smallest absolute Gasteiger partial charge is 0.406 e. The van der Waals surface area contributed by atoms with Crippen LogP contribution in [0.4, 0.5) is 23.4 Å². The minimum atomic E-state index is -4.91. The van der Waals surface area contributed by atoms with E-state index in [1.807, 2.05) is 0 Å². The first kappa shape index (κ1) is 26.0. The second-order valence-electron chi connectivity index (χ2n) is 8.48. The van der Waals surface area contributed by atoms with Gasteiger partial charge in [0, 0.05) is 24.6 Å². The molecule has 1 aromatic carbocycles. The number of ether oxygens (including phenoxy) is 1. The largest absolute Gasteiger partial charge is 0.573 e. The molecule has 196 valence electrons. The Kier molecular flexibility index (Phi) is 7.94. The highest BCUT2D eigenvalue weighted by molar-refractivity contribution is 5.93. The third kappa shape index (κ3) is 7.95. The minimum absolute atomic E-state index is 0.0159. The highest BCUT2D eigenvalue weighted by atomic mass is 19.4. The second kappa shape index (κ2) is 11.3. The average Bonchev–Trinajstić information content (AvgIpc) is 3.60. The van der Waals surface area contributed by atoms with Crippen LogP contribution in [0.15, 0.2) is 36.5 Å². The van der Waals surface area contributed by atoms with Crippen LogP contribution in [0.2, 0.25) is 0 Å². The van der Waals surface area contributed by atoms with Crippen molar-refractivity contribution in [2.75, 3.05) is 5.32 Å². The third-order valence-electron chi connectivity index (χ3n) is 5.45. The van der Waals surface area contributed by atoms with Gasteiger partial charge in [0.25, 0.3) is 5.91 Å². The van der Waals surface area contributed by atoms with E-state index in [9.17, 15) is 27.2 Å². The topological polar surface area (TPSA) is 124 Å². The summed E-state index contributed by atoms with van der Waals surface area (Å²) in [5.74, 6) is -1.55. The third-order valence-corrected chi connectivity index (χ3v) is 5.45. The Hall–Kier alpha value is -4.10. The van der Waals surface area contributed by atoms with E-state index < -0.39 is 23.8 Å². The van der Waals surface area contributed by atoms with Crippen molar-refractivity contribution in [3.05, 3.63) is 59.3 Å². The lowest BCUT2D eigenvalue weighted by Gasteiger charge is -2.11. The maximum absolute atomic E-state index is 13.9. The number of unbranched alkanes of at least 4 members (excludes halogenated alkanes) is 1. The summed E-state index contributed by atoms with van der Waals surface area (Å²) in [6.07, 6.45) is 0.467. The van der Waals surface area contributed by atoms with Gasteiger partial charge in [-0.2, -0.15) is 5.10 Å². The number of nitrogens with one attached hydrogen (secondary N) is 2. The van der Waals surface area contributed by atoms with Gasteiger partial charge in [-0.1, -0.05) is 5.21 Å². The fourth-order valence-corrected chi connectivity index (χ4v) is 3.38. The fourth-order valence-electron chi connectivity index (χ4n) is 3.38. The van der Waals surface area contributed by atoms with E-state index >= 15 is 0 Å². The Labute approximate surface area is 208 Å². The number of halogens is 4. The van der Waals surface area contributed by atoms with Crippen molar-refractivity contribution in [1.82, 2.24) is 30.5 Å². The van der Waals surface area contributed by atoms with Gasteiger partial charge < -0.3 is 15.4 Å². The number of hydrogen-bond acceptors (Lipinski definition) is 7. The van der Waals surface area contributed by atoms with E-state index in [2.05, 4.69) is 35.9 Å². The van der Waals surface area contributed by atoms with Crippen LogP contribution in [0.5, 0.6) is 5.75 Å². The molecule has 0 bridgehead atoms. The number of hydrogen-bond donors (Lipinski definition) is 2. The SMILES string of the molecule is O=C(NCc1cc(OC(F)(F)F)ccc1F)c1cn(CCCCc2ccc(NC(=O)C3CC3)nn2)nn1. The molecule has 10 nitrogen and oxygen atoms in total. The predicted molar refractivity (Wildman–Crippen MR) is 121 cm³/mol. The molecule has 0 unspecified atom stereocenters. The molecule has 2 amide bonds. The van der Waals surface area contributed by atoms with Gasteiger partial charge in [0.1, 0.15) is 11.6 Å². The Morgan fingerprint density at radius 2 is 1.89 bits per heavy atom. The molecule has 1 fully saturated rings. The first-order valence-electron chi connectivity index (χ1n) is 11.5. The lowest BCUT2D eigenvalue weighted by atomic mass is 10.2. The number of aryl methyl sites for hydroxylation is 2. The van der Waals surface area contributed by atoms with E-state index in [1.165, 1.54) is 10.9 Å². The molecule has 0 spiro atoms. The maximum Gasteiger partial charge on any atom is 0.573 e. The van der Waals surface area contributed by atoms with Crippen LogP contribution in [-0.4, -0.2) is 43.4 Å². The molecule has 1 saturated carbocycles. The van der Waals surface area contributed by atoms with Gasteiger partial charge in [0.15, 0.2) is 11.5 Å². The summed E-state index contributed by atoms with van der Waals surface area (Å²) in [6.45, 7) is 0.116. The first-order valence-corrected chi connectivity index (χ1v) is 11.5. The van der Waals surface area contributed by atoms with Crippen molar-refractivity contribution in [2.24, 2.45) is 5.92 Å². The number of benzene rings is 1. The summed E-state index contributed by atoms with van der Waals surface area (Å²) in [5, 5.41) is 20.9. The van der Waals surface area contributed by atoms with Crippen LogP contribution >= 0.6 is 0 Å². The molecule has 2 heterocycles. The van der Waals surface area contributed by atoms with Crippen LogP contribution in [0.1, 0.15) is 47.4 Å². The Balaban J connectivity index is 1.19. The monoisotopic (exact) mass is 521 g/mol. The van der Waals surface area contributed by atoms with Crippen molar-refractivity contribution >= 4 is 17.6 Å². The molecule has 2 N–H and O–H groups in total. The number of alkyl halides is 3. The molecule has 0 atom stereocenters. The summed E-state index contributed by atoms with van der Waals surface area (Å²) in [6, 6.07) is 6.06. The molecule has 2 aromatic heterocycles. The van der Waals surface area contributed by atoms with Gasteiger partial charge >= 0.3 is 6.36 Å². The normalized spacial score (nSPS) is 13.3. The van der Waals surface area contributed by atoms with E-state index in [1.54, 1.807) is 12.1 Å². The summed E-state index contributed by atoms with van der Waals surface area (Å²) >= 11 is 0. The number of carbonyl (C=O) groups excluding carboxylic acids is 2. The first-order chi connectivity index (χ1) is 17.7. The van der Waals surface area contributed by atoms with Gasteiger partial charge in [-0.15, -0.1) is 23.4 Å². The highest BCUT2D eigenvalue weighted by Gasteiger charge is 2.31. The predicted octanol–water partition coefficient (Wildman–Crippen LogP) is 3.41. The summed E-state index contributed by atoms with van der Waals surface area (Å²) in [7, 11) is 0. The van der Waals surface area contributed by atoms with Crippen molar-refractivity contribution < 1.29 is 31.9 Å². The number of amides is 2. The van der Waals surface area contributed by atoms with Gasteiger partial charge in [-0.3, -0.25) is 14.3 Å². The second-order valence-corrected chi connectivity index (χ2v) is 8.48. The van der Waals surface area contributed by atoms with E-state index in [4.69, 9.17) is 0 Å². The van der Waals surface area contributed by atoms with Crippen LogP contribution < -0.4 is 15.4 Å². The molecule has 14 heteroatoms. The standard InChI is InChI=1S/C23H23F4N7O3/c24-18-8-7-17(37-23(25,26)27)11-15(18)12-28-22(36)19-13-34(33-31-19)10-2-1-3-16-6-9-20(32-30-16)29-21(35)14-4-5-14/h6-9,11,13-14H,1-5,10,12H2,(H,28,36)(H,29,32,35). The molecule has 1 aliphatic rings. The number of carbonyl (C=O) groups is 2. The minimum Gasteiger partial charge on any atom is -0.406 e. The molecule has 0 radical (unpaired) electrons. The Morgan fingerprint density at radius 1 is 1.08 bits per heavy atom. The molecule has 4 rings (SSSR count). The van der Waals surface area contributed by atoms with Crippen LogP contribution in [-0.2, 0) is 24.3 Å². The quantitative estimate of drug-likeness (QED) is 0.293. The van der Waals surface area contributed by atoms with Gasteiger partial charge in [-0.25, -0.2) is 4.39 Å². The van der Waals surface area contributed by atoms with Gasteiger partial charge in [-0.05, 0) is 62.4 Å².